The Labute approximate surface area is 173 Å². The molecule has 2 aromatic carbocycles. The molecule has 30 heavy (non-hydrogen) atoms. The van der Waals surface area contributed by atoms with E-state index in [1.165, 1.54) is 6.33 Å². The predicted octanol–water partition coefficient (Wildman–Crippen LogP) is 2.80. The molecule has 1 N–H and O–H groups in total. The number of benzene rings is 2. The number of carbonyl (C=O) groups is 1. The molecule has 0 bridgehead atoms. The van der Waals surface area contributed by atoms with E-state index in [0.717, 1.165) is 16.8 Å². The van der Waals surface area contributed by atoms with Crippen molar-refractivity contribution in [1.29, 1.82) is 0 Å². The second-order valence-electron chi connectivity index (χ2n) is 7.08. The van der Waals surface area contributed by atoms with E-state index in [-0.39, 0.29) is 17.5 Å². The van der Waals surface area contributed by atoms with E-state index in [9.17, 15) is 9.59 Å². The standard InChI is InChI=1S/C22H22N6O2/c1-4-27-20-10-7-17(11-19(20)25-15(3)22(27)30)21(29)26-14(2)16-5-8-18(9-6-16)28-13-23-12-24-28/h5-14H,4H2,1-3H3,(H,26,29)/t14-/m0/s1. The van der Waals surface area contributed by atoms with Crippen LogP contribution in [0.5, 0.6) is 0 Å². The van der Waals surface area contributed by atoms with Gasteiger partial charge < -0.3 is 9.88 Å². The van der Waals surface area contributed by atoms with Crippen LogP contribution >= 0.6 is 0 Å². The molecule has 8 heteroatoms. The van der Waals surface area contributed by atoms with E-state index in [4.69, 9.17) is 0 Å². The fourth-order valence-electron chi connectivity index (χ4n) is 3.45. The largest absolute Gasteiger partial charge is 0.346 e. The van der Waals surface area contributed by atoms with Gasteiger partial charge in [0.2, 0.25) is 0 Å². The SMILES string of the molecule is CCn1c(=O)c(C)nc2cc(C(=O)N[C@@H](C)c3ccc(-n4cncn4)cc3)ccc21. The number of aryl methyl sites for hydroxylation is 2. The lowest BCUT2D eigenvalue weighted by atomic mass is 10.1. The molecule has 0 aliphatic heterocycles. The number of nitrogens with one attached hydrogen (secondary N) is 1. The van der Waals surface area contributed by atoms with Crippen LogP contribution in [-0.2, 0) is 6.54 Å². The summed E-state index contributed by atoms with van der Waals surface area (Å²) in [5, 5.41) is 7.12. The van der Waals surface area contributed by atoms with E-state index >= 15 is 0 Å². The van der Waals surface area contributed by atoms with Crippen molar-refractivity contribution in [1.82, 2.24) is 29.6 Å². The van der Waals surface area contributed by atoms with Gasteiger partial charge in [0.1, 0.15) is 18.3 Å². The molecule has 0 fully saturated rings. The highest BCUT2D eigenvalue weighted by molar-refractivity contribution is 5.97. The molecule has 0 saturated heterocycles. The minimum atomic E-state index is -0.196. The fraction of sp³-hybridized carbons (Fsp3) is 0.227. The molecule has 2 heterocycles. The molecule has 0 aliphatic rings. The molecule has 2 aromatic heterocycles. The van der Waals surface area contributed by atoms with Gasteiger partial charge in [0.05, 0.1) is 22.8 Å². The zero-order valence-corrected chi connectivity index (χ0v) is 17.0. The quantitative estimate of drug-likeness (QED) is 0.554. The number of fused-ring (bicyclic) bond motifs is 1. The van der Waals surface area contributed by atoms with Gasteiger partial charge in [0.15, 0.2) is 0 Å². The molecule has 0 radical (unpaired) electrons. The van der Waals surface area contributed by atoms with Crippen molar-refractivity contribution in [3.63, 3.8) is 0 Å². The first-order valence-corrected chi connectivity index (χ1v) is 9.75. The van der Waals surface area contributed by atoms with Gasteiger partial charge in [-0.05, 0) is 56.7 Å². The van der Waals surface area contributed by atoms with E-state index in [0.29, 0.717) is 23.3 Å². The predicted molar refractivity (Wildman–Crippen MR) is 114 cm³/mol. The van der Waals surface area contributed by atoms with Gasteiger partial charge in [-0.15, -0.1) is 0 Å². The van der Waals surface area contributed by atoms with Crippen molar-refractivity contribution < 1.29 is 4.79 Å². The van der Waals surface area contributed by atoms with E-state index in [1.54, 1.807) is 40.7 Å². The van der Waals surface area contributed by atoms with Gasteiger partial charge in [-0.3, -0.25) is 9.59 Å². The number of amides is 1. The van der Waals surface area contributed by atoms with Crippen molar-refractivity contribution in [3.8, 4) is 5.69 Å². The molecule has 0 saturated carbocycles. The highest BCUT2D eigenvalue weighted by atomic mass is 16.1. The molecule has 1 amide bonds. The second kappa shape index (κ2) is 7.90. The molecule has 4 aromatic rings. The molecule has 0 unspecified atom stereocenters. The smallest absolute Gasteiger partial charge is 0.272 e. The maximum atomic E-state index is 12.8. The first-order chi connectivity index (χ1) is 14.5. The minimum absolute atomic E-state index is 0.106. The average molecular weight is 402 g/mol. The van der Waals surface area contributed by atoms with Crippen molar-refractivity contribution >= 4 is 16.9 Å². The molecule has 0 aliphatic carbocycles. The Kier molecular flexibility index (Phi) is 5.14. The Bertz CT molecular complexity index is 1260. The maximum Gasteiger partial charge on any atom is 0.272 e. The lowest BCUT2D eigenvalue weighted by molar-refractivity contribution is 0.0940. The summed E-state index contributed by atoms with van der Waals surface area (Å²) in [6, 6.07) is 12.8. The highest BCUT2D eigenvalue weighted by Gasteiger charge is 2.14. The van der Waals surface area contributed by atoms with Crippen LogP contribution in [0, 0.1) is 6.92 Å². The van der Waals surface area contributed by atoms with E-state index in [1.807, 2.05) is 38.1 Å². The van der Waals surface area contributed by atoms with Crippen molar-refractivity contribution in [2.75, 3.05) is 0 Å². The van der Waals surface area contributed by atoms with Crippen LogP contribution in [0.1, 0.15) is 41.5 Å². The molecule has 8 nitrogen and oxygen atoms in total. The first-order valence-electron chi connectivity index (χ1n) is 9.75. The van der Waals surface area contributed by atoms with Crippen LogP contribution in [0.2, 0.25) is 0 Å². The summed E-state index contributed by atoms with van der Waals surface area (Å²) in [6.45, 7) is 6.08. The summed E-state index contributed by atoms with van der Waals surface area (Å²) < 4.78 is 3.34. The zero-order chi connectivity index (χ0) is 21.3. The molecular weight excluding hydrogens is 380 g/mol. The molecule has 0 spiro atoms. The topological polar surface area (TPSA) is 94.7 Å². The van der Waals surface area contributed by atoms with Crippen LogP contribution in [-0.4, -0.2) is 30.2 Å². The molecule has 152 valence electrons. The van der Waals surface area contributed by atoms with Crippen molar-refractivity contribution in [2.45, 2.75) is 33.4 Å². The summed E-state index contributed by atoms with van der Waals surface area (Å²) in [5.41, 5.74) is 4.04. The van der Waals surface area contributed by atoms with Crippen LogP contribution in [0.25, 0.3) is 16.7 Å². The third kappa shape index (κ3) is 3.59. The second-order valence-corrected chi connectivity index (χ2v) is 7.08. The van der Waals surface area contributed by atoms with Gasteiger partial charge in [-0.25, -0.2) is 14.6 Å². The highest BCUT2D eigenvalue weighted by Crippen LogP contribution is 2.18. The Hall–Kier alpha value is -3.81. The van der Waals surface area contributed by atoms with Gasteiger partial charge in [-0.1, -0.05) is 12.1 Å². The van der Waals surface area contributed by atoms with E-state index in [2.05, 4.69) is 20.4 Å². The summed E-state index contributed by atoms with van der Waals surface area (Å²) in [7, 11) is 0. The Balaban J connectivity index is 1.55. The van der Waals surface area contributed by atoms with Crippen LogP contribution in [0.15, 0.2) is 59.9 Å². The van der Waals surface area contributed by atoms with E-state index < -0.39 is 0 Å². The third-order valence-corrected chi connectivity index (χ3v) is 5.11. The summed E-state index contributed by atoms with van der Waals surface area (Å²) >= 11 is 0. The van der Waals surface area contributed by atoms with Gasteiger partial charge >= 0.3 is 0 Å². The Morgan fingerprint density at radius 2 is 1.93 bits per heavy atom. The van der Waals surface area contributed by atoms with Crippen molar-refractivity contribution in [3.05, 3.63) is 82.3 Å². The van der Waals surface area contributed by atoms with Gasteiger partial charge in [0.25, 0.3) is 11.5 Å². The number of carbonyl (C=O) groups excluding carboxylic acids is 1. The monoisotopic (exact) mass is 402 g/mol. The number of hydrogen-bond acceptors (Lipinski definition) is 5. The number of hydrogen-bond donors (Lipinski definition) is 1. The summed E-state index contributed by atoms with van der Waals surface area (Å²) in [4.78, 5) is 33.4. The number of aromatic nitrogens is 5. The van der Waals surface area contributed by atoms with Gasteiger partial charge in [0, 0.05) is 12.1 Å². The molecule has 1 atom stereocenters. The summed E-state index contributed by atoms with van der Waals surface area (Å²) in [5.74, 6) is -0.196. The average Bonchev–Trinajstić information content (AvgIpc) is 3.29. The lowest BCUT2D eigenvalue weighted by Crippen LogP contribution is -2.27. The third-order valence-electron chi connectivity index (χ3n) is 5.11. The Morgan fingerprint density at radius 3 is 2.60 bits per heavy atom. The molecule has 4 rings (SSSR count). The number of rotatable bonds is 5. The fourth-order valence-corrected chi connectivity index (χ4v) is 3.45. The lowest BCUT2D eigenvalue weighted by Gasteiger charge is -2.15. The minimum Gasteiger partial charge on any atom is -0.346 e. The zero-order valence-electron chi connectivity index (χ0n) is 17.0. The normalized spacial score (nSPS) is 12.1. The van der Waals surface area contributed by atoms with Crippen LogP contribution < -0.4 is 10.9 Å². The summed E-state index contributed by atoms with van der Waals surface area (Å²) in [6.07, 6.45) is 3.12. The van der Waals surface area contributed by atoms with Crippen LogP contribution in [0.3, 0.4) is 0 Å². The van der Waals surface area contributed by atoms with Crippen molar-refractivity contribution in [2.24, 2.45) is 0 Å². The van der Waals surface area contributed by atoms with Gasteiger partial charge in [-0.2, -0.15) is 5.10 Å². The molecular formula is C22H22N6O2. The number of nitrogens with zero attached hydrogens (tertiary/aromatic N) is 5. The maximum absolute atomic E-state index is 12.8. The van der Waals surface area contributed by atoms with Crippen LogP contribution in [0.4, 0.5) is 0 Å². The Morgan fingerprint density at radius 1 is 1.17 bits per heavy atom. The first kappa shape index (κ1) is 19.5.